The minimum atomic E-state index is 0.563. The number of amidine groups is 1. The third-order valence-electron chi connectivity index (χ3n) is 0.522. The van der Waals surface area contributed by atoms with E-state index in [1.165, 1.54) is 11.8 Å². The molecule has 8 heavy (non-hydrogen) atoms. The van der Waals surface area contributed by atoms with Crippen LogP contribution in [0.4, 0.5) is 0 Å². The maximum absolute atomic E-state index is 4.99. The van der Waals surface area contributed by atoms with Gasteiger partial charge in [0.25, 0.3) is 0 Å². The lowest BCUT2D eigenvalue weighted by Crippen LogP contribution is -2.28. The van der Waals surface area contributed by atoms with Gasteiger partial charge in [-0.3, -0.25) is 0 Å². The fourth-order valence-corrected chi connectivity index (χ4v) is 0.684. The SMILES string of the molecule is CCS/C(=N\N)NN. The van der Waals surface area contributed by atoms with Gasteiger partial charge in [-0.25, -0.2) is 5.84 Å². The third-order valence-corrected chi connectivity index (χ3v) is 1.31. The lowest BCUT2D eigenvalue weighted by atomic mass is 11.0. The van der Waals surface area contributed by atoms with Gasteiger partial charge in [-0.05, 0) is 5.75 Å². The Morgan fingerprint density at radius 1 is 1.88 bits per heavy atom. The van der Waals surface area contributed by atoms with Gasteiger partial charge in [0, 0.05) is 0 Å². The highest BCUT2D eigenvalue weighted by Gasteiger charge is 1.89. The van der Waals surface area contributed by atoms with Gasteiger partial charge >= 0.3 is 0 Å². The predicted molar refractivity (Wildman–Crippen MR) is 37.1 cm³/mol. The number of hydrazine groups is 1. The van der Waals surface area contributed by atoms with E-state index in [9.17, 15) is 0 Å². The second-order valence-electron chi connectivity index (χ2n) is 1.01. The van der Waals surface area contributed by atoms with E-state index in [1.54, 1.807) is 0 Å². The largest absolute Gasteiger partial charge is 0.321 e. The molecule has 0 aromatic heterocycles. The van der Waals surface area contributed by atoms with Crippen molar-refractivity contribution >= 4 is 16.9 Å². The molecule has 0 unspecified atom stereocenters. The van der Waals surface area contributed by atoms with Crippen LogP contribution in [0.3, 0.4) is 0 Å². The molecule has 0 amide bonds. The van der Waals surface area contributed by atoms with Crippen molar-refractivity contribution in [3.63, 3.8) is 0 Å². The molecule has 0 aliphatic carbocycles. The van der Waals surface area contributed by atoms with Gasteiger partial charge in [-0.2, -0.15) is 5.10 Å². The predicted octanol–water partition coefficient (Wildman–Crippen LogP) is -0.567. The number of nitrogens with two attached hydrogens (primary N) is 2. The first-order valence-corrected chi connectivity index (χ1v) is 3.21. The zero-order valence-electron chi connectivity index (χ0n) is 4.72. The van der Waals surface area contributed by atoms with E-state index in [-0.39, 0.29) is 0 Å². The summed E-state index contributed by atoms with van der Waals surface area (Å²) in [6.07, 6.45) is 0. The Morgan fingerprint density at radius 2 is 2.50 bits per heavy atom. The normalized spacial score (nSPS) is 11.5. The van der Waals surface area contributed by atoms with Gasteiger partial charge in [0.1, 0.15) is 0 Å². The summed E-state index contributed by atoms with van der Waals surface area (Å²) in [5.74, 6) is 10.8. The van der Waals surface area contributed by atoms with Crippen LogP contribution in [0.1, 0.15) is 6.92 Å². The van der Waals surface area contributed by atoms with E-state index >= 15 is 0 Å². The van der Waals surface area contributed by atoms with Gasteiger partial charge in [-0.15, -0.1) is 0 Å². The summed E-state index contributed by atoms with van der Waals surface area (Å²) in [6.45, 7) is 1.99. The molecule has 0 aliphatic rings. The second-order valence-corrected chi connectivity index (χ2v) is 2.26. The Bertz CT molecular complexity index is 81.4. The van der Waals surface area contributed by atoms with Crippen molar-refractivity contribution in [1.29, 1.82) is 0 Å². The van der Waals surface area contributed by atoms with Crippen LogP contribution < -0.4 is 17.1 Å². The molecule has 0 fully saturated rings. The van der Waals surface area contributed by atoms with Crippen LogP contribution in [0.2, 0.25) is 0 Å². The molecule has 0 radical (unpaired) electrons. The van der Waals surface area contributed by atoms with Crippen LogP contribution in [0.5, 0.6) is 0 Å². The fraction of sp³-hybridized carbons (Fsp3) is 0.667. The molecule has 48 valence electrons. The van der Waals surface area contributed by atoms with Gasteiger partial charge in [0.2, 0.25) is 0 Å². The quantitative estimate of drug-likeness (QED) is 0.194. The van der Waals surface area contributed by atoms with Crippen molar-refractivity contribution in [2.45, 2.75) is 6.92 Å². The zero-order valence-corrected chi connectivity index (χ0v) is 5.53. The van der Waals surface area contributed by atoms with E-state index in [2.05, 4.69) is 10.5 Å². The highest BCUT2D eigenvalue weighted by molar-refractivity contribution is 8.13. The minimum Gasteiger partial charge on any atom is -0.321 e. The number of nitrogens with one attached hydrogen (secondary N) is 1. The minimum absolute atomic E-state index is 0.563. The summed E-state index contributed by atoms with van der Waals surface area (Å²) in [6, 6.07) is 0. The lowest BCUT2D eigenvalue weighted by Gasteiger charge is -1.97. The monoisotopic (exact) mass is 134 g/mol. The van der Waals surface area contributed by atoms with E-state index in [4.69, 9.17) is 11.7 Å². The van der Waals surface area contributed by atoms with Crippen LogP contribution in [-0.2, 0) is 0 Å². The van der Waals surface area contributed by atoms with Crippen molar-refractivity contribution in [2.24, 2.45) is 16.8 Å². The summed E-state index contributed by atoms with van der Waals surface area (Å²) < 4.78 is 0. The molecule has 0 atom stereocenters. The van der Waals surface area contributed by atoms with Crippen molar-refractivity contribution in [2.75, 3.05) is 5.75 Å². The number of rotatable bonds is 1. The maximum Gasteiger partial charge on any atom is 0.194 e. The summed E-state index contributed by atoms with van der Waals surface area (Å²) in [5, 5.41) is 3.90. The number of hydrogen-bond acceptors (Lipinski definition) is 4. The summed E-state index contributed by atoms with van der Waals surface area (Å²) >= 11 is 1.47. The van der Waals surface area contributed by atoms with Crippen LogP contribution in [0.25, 0.3) is 0 Å². The second kappa shape index (κ2) is 4.73. The Kier molecular flexibility index (Phi) is 4.48. The van der Waals surface area contributed by atoms with Crippen LogP contribution in [-0.4, -0.2) is 10.9 Å². The Hall–Kier alpha value is -0.420. The van der Waals surface area contributed by atoms with Gasteiger partial charge in [0.15, 0.2) is 5.17 Å². The molecule has 0 aromatic carbocycles. The molecule has 0 spiro atoms. The highest BCUT2D eigenvalue weighted by Crippen LogP contribution is 1.96. The zero-order chi connectivity index (χ0) is 6.41. The number of thioether (sulfide) groups is 1. The van der Waals surface area contributed by atoms with Crippen molar-refractivity contribution < 1.29 is 0 Å². The molecule has 0 aliphatic heterocycles. The van der Waals surface area contributed by atoms with Crippen LogP contribution >= 0.6 is 11.8 Å². The van der Waals surface area contributed by atoms with E-state index < -0.39 is 0 Å². The molecule has 5 N–H and O–H groups in total. The first-order valence-electron chi connectivity index (χ1n) is 2.22. The average Bonchev–Trinajstić information content (AvgIpc) is 1.83. The van der Waals surface area contributed by atoms with Crippen molar-refractivity contribution in [3.05, 3.63) is 0 Å². The number of hydrazone groups is 1. The smallest absolute Gasteiger partial charge is 0.194 e. The lowest BCUT2D eigenvalue weighted by molar-refractivity contribution is 1.03. The number of hydrogen-bond donors (Lipinski definition) is 3. The van der Waals surface area contributed by atoms with Crippen molar-refractivity contribution in [1.82, 2.24) is 5.43 Å². The Labute approximate surface area is 52.7 Å². The topological polar surface area (TPSA) is 76.4 Å². The standard InChI is InChI=1S/C3H10N4S/c1-2-8-3(6-4)7-5/h2,4-5H2,1H3,(H,6,7). The first kappa shape index (κ1) is 7.58. The molecule has 0 heterocycles. The Balaban J connectivity index is 3.38. The molecule has 0 aromatic rings. The van der Waals surface area contributed by atoms with Crippen molar-refractivity contribution in [3.8, 4) is 0 Å². The van der Waals surface area contributed by atoms with Gasteiger partial charge < -0.3 is 11.3 Å². The van der Waals surface area contributed by atoms with E-state index in [0.29, 0.717) is 5.17 Å². The van der Waals surface area contributed by atoms with Gasteiger partial charge in [-0.1, -0.05) is 18.7 Å². The number of nitrogens with zero attached hydrogens (tertiary/aromatic N) is 1. The molecular weight excluding hydrogens is 124 g/mol. The fourth-order valence-electron chi connectivity index (χ4n) is 0.253. The molecule has 4 nitrogen and oxygen atoms in total. The third kappa shape index (κ3) is 2.70. The molecule has 0 saturated carbocycles. The molecule has 0 saturated heterocycles. The molecule has 0 bridgehead atoms. The highest BCUT2D eigenvalue weighted by atomic mass is 32.2. The molecular formula is C3H10N4S. The maximum atomic E-state index is 4.99. The van der Waals surface area contributed by atoms with E-state index in [0.717, 1.165) is 5.75 Å². The molecule has 0 rings (SSSR count). The van der Waals surface area contributed by atoms with Gasteiger partial charge in [0.05, 0.1) is 0 Å². The Morgan fingerprint density at radius 3 is 2.62 bits per heavy atom. The average molecular weight is 134 g/mol. The first-order chi connectivity index (χ1) is 3.85. The molecule has 5 heteroatoms. The van der Waals surface area contributed by atoms with Crippen LogP contribution in [0, 0.1) is 0 Å². The summed E-state index contributed by atoms with van der Waals surface area (Å²) in [4.78, 5) is 0. The summed E-state index contributed by atoms with van der Waals surface area (Å²) in [5.41, 5.74) is 2.34. The van der Waals surface area contributed by atoms with Crippen LogP contribution in [0.15, 0.2) is 5.10 Å². The van der Waals surface area contributed by atoms with E-state index in [1.807, 2.05) is 6.92 Å². The summed E-state index contributed by atoms with van der Waals surface area (Å²) in [7, 11) is 0.